The fourth-order valence-electron chi connectivity index (χ4n) is 3.58. The summed E-state index contributed by atoms with van der Waals surface area (Å²) >= 11 is 2.81. The van der Waals surface area contributed by atoms with Crippen molar-refractivity contribution >= 4 is 55.5 Å². The van der Waals surface area contributed by atoms with E-state index < -0.39 is 0 Å². The molecular weight excluding hydrogens is 416 g/mol. The number of amides is 2. The molecule has 0 spiro atoms. The van der Waals surface area contributed by atoms with Gasteiger partial charge in [-0.25, -0.2) is 9.97 Å². The summed E-state index contributed by atoms with van der Waals surface area (Å²) in [6.45, 7) is 0.702. The van der Waals surface area contributed by atoms with E-state index in [0.717, 1.165) is 28.5 Å². The van der Waals surface area contributed by atoms with Crippen molar-refractivity contribution < 1.29 is 9.59 Å². The Morgan fingerprint density at radius 1 is 1.07 bits per heavy atom. The van der Waals surface area contributed by atoms with Crippen LogP contribution in [0.5, 0.6) is 0 Å². The molecule has 30 heavy (non-hydrogen) atoms. The van der Waals surface area contributed by atoms with Crippen LogP contribution in [0.4, 0.5) is 10.3 Å². The largest absolute Gasteiger partial charge is 0.302 e. The molecule has 0 atom stereocenters. The van der Waals surface area contributed by atoms with Crippen molar-refractivity contribution in [3.05, 3.63) is 58.9 Å². The number of aromatic nitrogens is 2. The average molecular weight is 435 g/mol. The van der Waals surface area contributed by atoms with Crippen molar-refractivity contribution in [2.45, 2.75) is 19.3 Å². The van der Waals surface area contributed by atoms with E-state index in [0.29, 0.717) is 28.9 Å². The molecular formula is C22H18N4O2S2. The minimum Gasteiger partial charge on any atom is -0.302 e. The fraction of sp³-hybridized carbons (Fsp3) is 0.182. The van der Waals surface area contributed by atoms with Crippen LogP contribution < -0.4 is 10.2 Å². The van der Waals surface area contributed by atoms with Crippen molar-refractivity contribution in [3.63, 3.8) is 0 Å². The first-order valence-corrected chi connectivity index (χ1v) is 11.4. The summed E-state index contributed by atoms with van der Waals surface area (Å²) in [6, 6.07) is 14.3. The number of benzene rings is 2. The zero-order valence-corrected chi connectivity index (χ0v) is 17.6. The molecule has 2 aromatic heterocycles. The van der Waals surface area contributed by atoms with Crippen LogP contribution in [-0.4, -0.2) is 28.3 Å². The Hall–Kier alpha value is -3.10. The quantitative estimate of drug-likeness (QED) is 0.493. The van der Waals surface area contributed by atoms with Gasteiger partial charge in [-0.05, 0) is 17.2 Å². The van der Waals surface area contributed by atoms with Gasteiger partial charge in [0.05, 0.1) is 17.8 Å². The van der Waals surface area contributed by atoms with Gasteiger partial charge in [0.1, 0.15) is 0 Å². The number of carbonyl (C=O) groups excluding carboxylic acids is 2. The Balaban J connectivity index is 1.28. The van der Waals surface area contributed by atoms with Crippen molar-refractivity contribution in [1.29, 1.82) is 0 Å². The van der Waals surface area contributed by atoms with Crippen LogP contribution in [0.1, 0.15) is 18.5 Å². The minimum atomic E-state index is -0.168. The van der Waals surface area contributed by atoms with Crippen LogP contribution in [0.3, 0.4) is 0 Å². The molecule has 0 saturated carbocycles. The molecule has 4 aromatic rings. The van der Waals surface area contributed by atoms with Gasteiger partial charge >= 0.3 is 0 Å². The molecule has 1 fully saturated rings. The lowest BCUT2D eigenvalue weighted by molar-refractivity contribution is -0.117. The highest BCUT2D eigenvalue weighted by molar-refractivity contribution is 7.14. The highest BCUT2D eigenvalue weighted by Crippen LogP contribution is 2.31. The van der Waals surface area contributed by atoms with E-state index in [9.17, 15) is 9.59 Å². The summed E-state index contributed by atoms with van der Waals surface area (Å²) in [6.07, 6.45) is 1.58. The van der Waals surface area contributed by atoms with Gasteiger partial charge in [-0.3, -0.25) is 14.5 Å². The van der Waals surface area contributed by atoms with Crippen molar-refractivity contribution in [3.8, 4) is 11.3 Å². The summed E-state index contributed by atoms with van der Waals surface area (Å²) < 4.78 is 0. The van der Waals surface area contributed by atoms with Crippen LogP contribution >= 0.6 is 22.7 Å². The maximum atomic E-state index is 12.5. The predicted molar refractivity (Wildman–Crippen MR) is 121 cm³/mol. The normalized spacial score (nSPS) is 13.9. The first kappa shape index (κ1) is 18.9. The third-order valence-corrected chi connectivity index (χ3v) is 6.67. The summed E-state index contributed by atoms with van der Waals surface area (Å²) in [5, 5.41) is 10.2. The molecule has 1 N–H and O–H groups in total. The van der Waals surface area contributed by atoms with Gasteiger partial charge in [-0.15, -0.1) is 22.7 Å². The second-order valence-corrected chi connectivity index (χ2v) is 8.75. The van der Waals surface area contributed by atoms with E-state index >= 15 is 0 Å². The van der Waals surface area contributed by atoms with E-state index in [4.69, 9.17) is 0 Å². The second-order valence-electron chi connectivity index (χ2n) is 7.06. The zero-order chi connectivity index (χ0) is 20.5. The van der Waals surface area contributed by atoms with Crippen LogP contribution in [0.25, 0.3) is 22.0 Å². The predicted octanol–water partition coefficient (Wildman–Crippen LogP) is 4.73. The molecule has 6 nitrogen and oxygen atoms in total. The first-order chi connectivity index (χ1) is 14.7. The number of anilines is 2. The van der Waals surface area contributed by atoms with Gasteiger partial charge in [-0.2, -0.15) is 0 Å². The number of fused-ring (bicyclic) bond motifs is 1. The third-order valence-electron chi connectivity index (χ3n) is 5.00. The van der Waals surface area contributed by atoms with E-state index in [1.54, 1.807) is 4.90 Å². The molecule has 8 heteroatoms. The topological polar surface area (TPSA) is 75.2 Å². The van der Waals surface area contributed by atoms with E-state index in [-0.39, 0.29) is 18.2 Å². The van der Waals surface area contributed by atoms with Crippen molar-refractivity contribution in [2.75, 3.05) is 16.8 Å². The van der Waals surface area contributed by atoms with Gasteiger partial charge in [-0.1, -0.05) is 42.5 Å². The number of nitrogens with zero attached hydrogens (tertiary/aromatic N) is 3. The lowest BCUT2D eigenvalue weighted by Crippen LogP contribution is -2.23. The first-order valence-electron chi connectivity index (χ1n) is 9.66. The Labute approximate surface area is 181 Å². The Morgan fingerprint density at radius 2 is 1.93 bits per heavy atom. The fourth-order valence-corrected chi connectivity index (χ4v) is 5.18. The molecule has 1 aliphatic rings. The number of rotatable bonds is 5. The maximum Gasteiger partial charge on any atom is 0.232 e. The van der Waals surface area contributed by atoms with Crippen molar-refractivity contribution in [2.24, 2.45) is 0 Å². The third kappa shape index (κ3) is 3.71. The Bertz CT molecular complexity index is 1240. The van der Waals surface area contributed by atoms with Gasteiger partial charge in [0.25, 0.3) is 0 Å². The summed E-state index contributed by atoms with van der Waals surface area (Å²) in [5.74, 6) is -0.0671. The molecule has 150 valence electrons. The lowest BCUT2D eigenvalue weighted by Gasteiger charge is -2.10. The molecule has 2 aromatic carbocycles. The molecule has 1 aliphatic heterocycles. The molecule has 5 rings (SSSR count). The number of nitrogens with one attached hydrogen (secondary N) is 1. The zero-order valence-electron chi connectivity index (χ0n) is 16.0. The number of hydrogen-bond donors (Lipinski definition) is 1. The number of carbonyl (C=O) groups is 2. The van der Waals surface area contributed by atoms with Gasteiger partial charge in [0.2, 0.25) is 11.8 Å². The Morgan fingerprint density at radius 3 is 2.80 bits per heavy atom. The van der Waals surface area contributed by atoms with Gasteiger partial charge < -0.3 is 5.32 Å². The summed E-state index contributed by atoms with van der Waals surface area (Å²) in [7, 11) is 0. The molecule has 2 amide bonds. The standard InChI is InChI=1S/C22H18N4O2S2/c27-19(11-15-12-30-22(23-15)26-10-4-9-20(26)28)25-21-24-18(13-29-21)17-8-3-6-14-5-1-2-7-16(14)17/h1-3,5-8,12-13H,4,9-11H2,(H,24,25,27). The SMILES string of the molecule is O=C(Cc1csc(N2CCCC2=O)n1)Nc1nc(-c2cccc3ccccc23)cs1. The van der Waals surface area contributed by atoms with E-state index in [1.807, 2.05) is 35.0 Å². The molecule has 0 unspecified atom stereocenters. The maximum absolute atomic E-state index is 12.5. The Kier molecular flexibility index (Phi) is 5.02. The average Bonchev–Trinajstić information content (AvgIpc) is 3.49. The number of thiazole rings is 2. The van der Waals surface area contributed by atoms with Gasteiger partial charge in [0.15, 0.2) is 10.3 Å². The summed E-state index contributed by atoms with van der Waals surface area (Å²) in [5.41, 5.74) is 2.55. The van der Waals surface area contributed by atoms with Crippen LogP contribution in [0.15, 0.2) is 53.2 Å². The van der Waals surface area contributed by atoms with Gasteiger partial charge in [0, 0.05) is 29.3 Å². The minimum absolute atomic E-state index is 0.101. The lowest BCUT2D eigenvalue weighted by atomic mass is 10.0. The molecule has 0 bridgehead atoms. The van der Waals surface area contributed by atoms with E-state index in [1.165, 1.54) is 22.7 Å². The highest BCUT2D eigenvalue weighted by atomic mass is 32.1. The molecule has 3 heterocycles. The molecule has 0 aliphatic carbocycles. The van der Waals surface area contributed by atoms with Crippen LogP contribution in [0.2, 0.25) is 0 Å². The molecule has 0 radical (unpaired) electrons. The second kappa shape index (κ2) is 7.97. The summed E-state index contributed by atoms with van der Waals surface area (Å²) in [4.78, 5) is 35.1. The molecule has 1 saturated heterocycles. The monoisotopic (exact) mass is 434 g/mol. The van der Waals surface area contributed by atoms with E-state index in [2.05, 4.69) is 33.5 Å². The van der Waals surface area contributed by atoms with Crippen LogP contribution in [0, 0.1) is 0 Å². The highest BCUT2D eigenvalue weighted by Gasteiger charge is 2.24. The van der Waals surface area contributed by atoms with Crippen LogP contribution in [-0.2, 0) is 16.0 Å². The smallest absolute Gasteiger partial charge is 0.232 e. The number of hydrogen-bond acceptors (Lipinski definition) is 6. The van der Waals surface area contributed by atoms with Crippen molar-refractivity contribution in [1.82, 2.24) is 9.97 Å².